The van der Waals surface area contributed by atoms with Crippen molar-refractivity contribution < 1.29 is 5.21 Å². The summed E-state index contributed by atoms with van der Waals surface area (Å²) in [7, 11) is 0. The Morgan fingerprint density at radius 1 is 1.23 bits per heavy atom. The van der Waals surface area contributed by atoms with E-state index in [4.69, 9.17) is 5.84 Å². The van der Waals surface area contributed by atoms with Crippen LogP contribution in [0.15, 0.2) is 0 Å². The van der Waals surface area contributed by atoms with E-state index in [2.05, 4.69) is 5.43 Å². The van der Waals surface area contributed by atoms with Crippen LogP contribution >= 0.6 is 0 Å². The average Bonchev–Trinajstić information content (AvgIpc) is 1.99. The summed E-state index contributed by atoms with van der Waals surface area (Å²) in [5.41, 5.74) is 2.13. The molecule has 77 valence electrons. The fraction of sp³-hybridized carbons (Fsp3) is 1.00. The molecule has 4 nitrogen and oxygen atoms in total. The number of hydrogen-bond donors (Lipinski definition) is 2. The molecular weight excluding hydrogens is 166 g/mol. The molecule has 0 spiro atoms. The lowest BCUT2D eigenvalue weighted by Crippen LogP contribution is -2.62. The molecule has 1 saturated heterocycles. The van der Waals surface area contributed by atoms with Crippen LogP contribution in [-0.2, 0) is 5.21 Å². The molecule has 1 aliphatic heterocycles. The Kier molecular flexibility index (Phi) is 2.69. The van der Waals surface area contributed by atoms with Crippen LogP contribution < -0.4 is 11.3 Å². The number of hydroxylamine groups is 2. The van der Waals surface area contributed by atoms with Crippen LogP contribution in [0.2, 0.25) is 0 Å². The topological polar surface area (TPSA) is 61.2 Å². The lowest BCUT2D eigenvalue weighted by atomic mass is 9.79. The highest BCUT2D eigenvalue weighted by atomic mass is 16.5. The highest BCUT2D eigenvalue weighted by Gasteiger charge is 2.45. The van der Waals surface area contributed by atoms with Gasteiger partial charge in [-0.15, -0.1) is 10.3 Å². The van der Waals surface area contributed by atoms with E-state index in [0.717, 1.165) is 12.8 Å². The number of piperidine rings is 1. The molecule has 3 N–H and O–H groups in total. The largest absolute Gasteiger partial charge is 0.271 e. The molecule has 4 heteroatoms. The zero-order chi connectivity index (χ0) is 10.3. The summed E-state index contributed by atoms with van der Waals surface area (Å²) >= 11 is 0. The van der Waals surface area contributed by atoms with Crippen LogP contribution in [0.3, 0.4) is 0 Å². The van der Waals surface area contributed by atoms with E-state index in [-0.39, 0.29) is 17.1 Å². The smallest absolute Gasteiger partial charge is 0.0459 e. The molecule has 0 bridgehead atoms. The molecular formula is C9H20N3O. The molecule has 1 heterocycles. The summed E-state index contributed by atoms with van der Waals surface area (Å²) in [5, 5.41) is 13.1. The van der Waals surface area contributed by atoms with Crippen molar-refractivity contribution in [2.24, 2.45) is 5.84 Å². The van der Waals surface area contributed by atoms with Crippen LogP contribution in [-0.4, -0.2) is 22.2 Å². The average molecular weight is 186 g/mol. The lowest BCUT2D eigenvalue weighted by Gasteiger charge is -2.49. The molecule has 0 saturated carbocycles. The van der Waals surface area contributed by atoms with Crippen molar-refractivity contribution in [1.82, 2.24) is 10.5 Å². The maximum Gasteiger partial charge on any atom is 0.0459 e. The van der Waals surface area contributed by atoms with Crippen molar-refractivity contribution in [2.45, 2.75) is 57.7 Å². The first-order chi connectivity index (χ1) is 5.79. The number of nitrogens with two attached hydrogens (primary N) is 1. The Morgan fingerprint density at radius 2 is 1.62 bits per heavy atom. The van der Waals surface area contributed by atoms with E-state index in [1.54, 1.807) is 0 Å². The van der Waals surface area contributed by atoms with Crippen LogP contribution in [0.1, 0.15) is 40.5 Å². The molecule has 1 aliphatic rings. The second kappa shape index (κ2) is 3.20. The molecule has 0 atom stereocenters. The van der Waals surface area contributed by atoms with Gasteiger partial charge in [0.05, 0.1) is 0 Å². The highest BCUT2D eigenvalue weighted by molar-refractivity contribution is 4.97. The molecule has 0 aromatic rings. The molecule has 0 unspecified atom stereocenters. The van der Waals surface area contributed by atoms with Gasteiger partial charge in [0.2, 0.25) is 0 Å². The van der Waals surface area contributed by atoms with Gasteiger partial charge >= 0.3 is 0 Å². The maximum absolute atomic E-state index is 11.9. The molecule has 0 aromatic carbocycles. The van der Waals surface area contributed by atoms with Crippen LogP contribution in [0.25, 0.3) is 0 Å². The van der Waals surface area contributed by atoms with Gasteiger partial charge in [0.15, 0.2) is 0 Å². The number of hydrogen-bond acceptors (Lipinski definition) is 3. The van der Waals surface area contributed by atoms with E-state index in [1.165, 1.54) is 5.06 Å². The first-order valence-corrected chi connectivity index (χ1v) is 4.73. The molecule has 0 aromatic heterocycles. The second-order valence-corrected chi connectivity index (χ2v) is 5.19. The first kappa shape index (κ1) is 10.9. The maximum atomic E-state index is 11.9. The Balaban J connectivity index is 2.82. The summed E-state index contributed by atoms with van der Waals surface area (Å²) in [5.74, 6) is 5.42. The van der Waals surface area contributed by atoms with Crippen LogP contribution in [0.4, 0.5) is 0 Å². The van der Waals surface area contributed by atoms with Gasteiger partial charge in [0.1, 0.15) is 0 Å². The van der Waals surface area contributed by atoms with Gasteiger partial charge in [0, 0.05) is 17.1 Å². The Labute approximate surface area is 80.0 Å². The van der Waals surface area contributed by atoms with Crippen LogP contribution in [0, 0.1) is 0 Å². The molecule has 0 aliphatic carbocycles. The van der Waals surface area contributed by atoms with Crippen molar-refractivity contribution in [2.75, 3.05) is 0 Å². The highest BCUT2D eigenvalue weighted by Crippen LogP contribution is 2.36. The summed E-state index contributed by atoms with van der Waals surface area (Å²) in [6.45, 7) is 7.85. The quantitative estimate of drug-likeness (QED) is 0.471. The number of nitrogens with zero attached hydrogens (tertiary/aromatic N) is 1. The predicted molar refractivity (Wildman–Crippen MR) is 51.0 cm³/mol. The van der Waals surface area contributed by atoms with E-state index in [9.17, 15) is 5.21 Å². The van der Waals surface area contributed by atoms with E-state index < -0.39 is 0 Å². The SMILES string of the molecule is CC1(C)CC(NN)CC(C)(C)N1[O]. The zero-order valence-electron chi connectivity index (χ0n) is 8.92. The van der Waals surface area contributed by atoms with Crippen molar-refractivity contribution in [1.29, 1.82) is 0 Å². The fourth-order valence-corrected chi connectivity index (χ4v) is 2.38. The third-order valence-electron chi connectivity index (χ3n) is 2.83. The van der Waals surface area contributed by atoms with Crippen molar-refractivity contribution in [3.63, 3.8) is 0 Å². The first-order valence-electron chi connectivity index (χ1n) is 4.73. The van der Waals surface area contributed by atoms with Gasteiger partial charge in [-0.25, -0.2) is 0 Å². The van der Waals surface area contributed by atoms with Gasteiger partial charge in [-0.2, -0.15) is 0 Å². The van der Waals surface area contributed by atoms with Crippen molar-refractivity contribution in [3.8, 4) is 0 Å². The number of nitrogens with one attached hydrogen (secondary N) is 1. The number of hydrazine groups is 1. The van der Waals surface area contributed by atoms with Crippen LogP contribution in [0.5, 0.6) is 0 Å². The Hall–Kier alpha value is -0.160. The van der Waals surface area contributed by atoms with E-state index >= 15 is 0 Å². The summed E-state index contributed by atoms with van der Waals surface area (Å²) in [6, 6.07) is 0.246. The predicted octanol–water partition coefficient (Wildman–Crippen LogP) is 0.817. The minimum atomic E-state index is -0.321. The Bertz CT molecular complexity index is 173. The van der Waals surface area contributed by atoms with Gasteiger partial charge in [-0.3, -0.25) is 11.3 Å². The van der Waals surface area contributed by atoms with Crippen molar-refractivity contribution in [3.05, 3.63) is 0 Å². The van der Waals surface area contributed by atoms with Gasteiger partial charge in [-0.1, -0.05) is 0 Å². The molecule has 0 amide bonds. The van der Waals surface area contributed by atoms with Gasteiger partial charge in [0.25, 0.3) is 0 Å². The Morgan fingerprint density at radius 3 is 1.92 bits per heavy atom. The monoisotopic (exact) mass is 186 g/mol. The van der Waals surface area contributed by atoms with E-state index in [1.807, 2.05) is 27.7 Å². The standard InChI is InChI=1S/C9H20N3O/c1-8(2)5-7(11-10)6-9(3,4)12(8)13/h7,11H,5-6,10H2,1-4H3. The minimum absolute atomic E-state index is 0.246. The van der Waals surface area contributed by atoms with Crippen molar-refractivity contribution >= 4 is 0 Å². The summed E-state index contributed by atoms with van der Waals surface area (Å²) < 4.78 is 0. The molecule has 1 fully saturated rings. The normalized spacial score (nSPS) is 29.1. The van der Waals surface area contributed by atoms with Gasteiger partial charge in [-0.05, 0) is 40.5 Å². The summed E-state index contributed by atoms with van der Waals surface area (Å²) in [6.07, 6.45) is 1.60. The third kappa shape index (κ3) is 2.02. The molecule has 1 rings (SSSR count). The molecule has 1 radical (unpaired) electrons. The summed E-state index contributed by atoms with van der Waals surface area (Å²) in [4.78, 5) is 0. The fourth-order valence-electron chi connectivity index (χ4n) is 2.38. The zero-order valence-corrected chi connectivity index (χ0v) is 8.92. The number of rotatable bonds is 1. The lowest BCUT2D eigenvalue weighted by molar-refractivity contribution is -0.290. The van der Waals surface area contributed by atoms with E-state index in [0.29, 0.717) is 0 Å². The second-order valence-electron chi connectivity index (χ2n) is 5.19. The molecule has 13 heavy (non-hydrogen) atoms. The third-order valence-corrected chi connectivity index (χ3v) is 2.83. The minimum Gasteiger partial charge on any atom is -0.271 e. The van der Waals surface area contributed by atoms with Gasteiger partial charge < -0.3 is 0 Å².